The van der Waals surface area contributed by atoms with Crippen molar-refractivity contribution in [2.24, 2.45) is 0 Å². The van der Waals surface area contributed by atoms with Crippen LogP contribution in [-0.2, 0) is 0 Å². The van der Waals surface area contributed by atoms with E-state index in [-0.39, 0.29) is 5.54 Å². The van der Waals surface area contributed by atoms with Gasteiger partial charge in [-0.25, -0.2) is 0 Å². The Morgan fingerprint density at radius 1 is 0.938 bits per heavy atom. The van der Waals surface area contributed by atoms with Crippen LogP contribution in [0.4, 0.5) is 0 Å². The number of piperazine rings is 1. The minimum absolute atomic E-state index is 0.230. The molecule has 2 aliphatic rings. The molecular formula is C14H24N2. The van der Waals surface area contributed by atoms with Crippen molar-refractivity contribution in [1.82, 2.24) is 9.80 Å². The molecule has 0 unspecified atom stereocenters. The lowest BCUT2D eigenvalue weighted by Crippen LogP contribution is -2.56. The van der Waals surface area contributed by atoms with Gasteiger partial charge >= 0.3 is 0 Å². The van der Waals surface area contributed by atoms with E-state index in [0.717, 1.165) is 0 Å². The lowest BCUT2D eigenvalue weighted by atomic mass is 9.80. The monoisotopic (exact) mass is 220 g/mol. The summed E-state index contributed by atoms with van der Waals surface area (Å²) in [5.74, 6) is 6.72. The summed E-state index contributed by atoms with van der Waals surface area (Å²) in [4.78, 5) is 5.08. The first-order valence-electron chi connectivity index (χ1n) is 6.64. The van der Waals surface area contributed by atoms with Crippen LogP contribution in [0.15, 0.2) is 0 Å². The average Bonchev–Trinajstić information content (AvgIpc) is 2.31. The number of rotatable bonds is 1. The van der Waals surface area contributed by atoms with Crippen LogP contribution in [0.2, 0.25) is 0 Å². The zero-order valence-corrected chi connectivity index (χ0v) is 10.8. The predicted molar refractivity (Wildman–Crippen MR) is 68.3 cm³/mol. The van der Waals surface area contributed by atoms with E-state index in [9.17, 15) is 0 Å². The van der Waals surface area contributed by atoms with Crippen molar-refractivity contribution in [2.45, 2.75) is 44.6 Å². The number of nitrogens with zero attached hydrogens (tertiary/aromatic N) is 2. The first-order valence-corrected chi connectivity index (χ1v) is 6.64. The Bertz CT molecular complexity index is 273. The fraction of sp³-hybridized carbons (Fsp3) is 0.857. The van der Waals surface area contributed by atoms with Gasteiger partial charge in [-0.3, -0.25) is 4.90 Å². The van der Waals surface area contributed by atoms with Crippen LogP contribution in [0.25, 0.3) is 0 Å². The third kappa shape index (κ3) is 2.42. The highest BCUT2D eigenvalue weighted by Crippen LogP contribution is 2.33. The summed E-state index contributed by atoms with van der Waals surface area (Å²) in [6.07, 6.45) is 6.71. The fourth-order valence-electron chi connectivity index (χ4n) is 3.12. The highest BCUT2D eigenvalue weighted by molar-refractivity contribution is 5.19. The largest absolute Gasteiger partial charge is 0.304 e. The van der Waals surface area contributed by atoms with E-state index in [1.54, 1.807) is 0 Å². The molecule has 0 aromatic rings. The van der Waals surface area contributed by atoms with E-state index < -0.39 is 0 Å². The van der Waals surface area contributed by atoms with E-state index in [0.29, 0.717) is 0 Å². The summed E-state index contributed by atoms with van der Waals surface area (Å²) < 4.78 is 0. The van der Waals surface area contributed by atoms with Crippen LogP contribution in [0.1, 0.15) is 39.0 Å². The van der Waals surface area contributed by atoms with Gasteiger partial charge in [-0.1, -0.05) is 25.2 Å². The molecule has 0 spiro atoms. The summed E-state index contributed by atoms with van der Waals surface area (Å²) in [6, 6.07) is 0. The van der Waals surface area contributed by atoms with Crippen molar-refractivity contribution >= 4 is 0 Å². The van der Waals surface area contributed by atoms with Crippen molar-refractivity contribution < 1.29 is 0 Å². The van der Waals surface area contributed by atoms with Crippen molar-refractivity contribution in [1.29, 1.82) is 0 Å². The molecule has 0 radical (unpaired) electrons. The van der Waals surface area contributed by atoms with Gasteiger partial charge in [-0.05, 0) is 26.8 Å². The Morgan fingerprint density at radius 3 is 2.12 bits per heavy atom. The molecule has 1 heterocycles. The molecule has 2 rings (SSSR count). The average molecular weight is 220 g/mol. The second-order valence-corrected chi connectivity index (χ2v) is 5.26. The Labute approximate surface area is 100.0 Å². The maximum Gasteiger partial charge on any atom is 0.0826 e. The molecule has 0 N–H and O–H groups in total. The lowest BCUT2D eigenvalue weighted by Gasteiger charge is -2.46. The maximum atomic E-state index is 3.54. The molecule has 0 atom stereocenters. The van der Waals surface area contributed by atoms with E-state index in [2.05, 4.69) is 28.7 Å². The molecule has 0 aromatic heterocycles. The molecule has 0 bridgehead atoms. The van der Waals surface area contributed by atoms with Crippen LogP contribution < -0.4 is 0 Å². The second-order valence-electron chi connectivity index (χ2n) is 5.26. The van der Waals surface area contributed by atoms with Gasteiger partial charge in [-0.2, -0.15) is 0 Å². The Balaban J connectivity index is 2.08. The third-order valence-electron chi connectivity index (χ3n) is 4.15. The standard InChI is InChI=1S/C14H24N2/c1-3-7-14(8-5-4-6-9-14)16-12-10-15(2)11-13-16/h4-6,8-13H2,1-2H3. The Morgan fingerprint density at radius 2 is 1.56 bits per heavy atom. The Hall–Kier alpha value is -0.520. The van der Waals surface area contributed by atoms with Gasteiger partial charge in [-0.15, -0.1) is 5.92 Å². The summed E-state index contributed by atoms with van der Waals surface area (Å²) in [6.45, 7) is 6.79. The first-order chi connectivity index (χ1) is 7.77. The minimum atomic E-state index is 0.230. The molecule has 1 saturated carbocycles. The summed E-state index contributed by atoms with van der Waals surface area (Å²) >= 11 is 0. The zero-order chi connectivity index (χ0) is 11.4. The van der Waals surface area contributed by atoms with E-state index in [4.69, 9.17) is 0 Å². The molecule has 2 heteroatoms. The van der Waals surface area contributed by atoms with Crippen LogP contribution in [0, 0.1) is 11.8 Å². The van der Waals surface area contributed by atoms with Crippen LogP contribution in [-0.4, -0.2) is 48.6 Å². The van der Waals surface area contributed by atoms with Crippen molar-refractivity contribution in [2.75, 3.05) is 33.2 Å². The van der Waals surface area contributed by atoms with E-state index >= 15 is 0 Å². The number of hydrogen-bond acceptors (Lipinski definition) is 2. The zero-order valence-electron chi connectivity index (χ0n) is 10.8. The number of hydrogen-bond donors (Lipinski definition) is 0. The van der Waals surface area contributed by atoms with Gasteiger partial charge in [0.2, 0.25) is 0 Å². The molecule has 1 aliphatic heterocycles. The van der Waals surface area contributed by atoms with Gasteiger partial charge < -0.3 is 4.90 Å². The van der Waals surface area contributed by atoms with E-state index in [1.165, 1.54) is 58.3 Å². The SMILES string of the molecule is CC#CC1(N2CCN(C)CC2)CCCCC1. The van der Waals surface area contributed by atoms with Crippen molar-refractivity contribution in [3.05, 3.63) is 0 Å². The topological polar surface area (TPSA) is 6.48 Å². The highest BCUT2D eigenvalue weighted by atomic mass is 15.3. The molecule has 1 aliphatic carbocycles. The second kappa shape index (κ2) is 5.21. The summed E-state index contributed by atoms with van der Waals surface area (Å²) in [5, 5.41) is 0. The molecule has 2 nitrogen and oxygen atoms in total. The molecule has 1 saturated heterocycles. The minimum Gasteiger partial charge on any atom is -0.304 e. The summed E-state index contributed by atoms with van der Waals surface area (Å²) in [5.41, 5.74) is 0.230. The maximum absolute atomic E-state index is 3.54. The van der Waals surface area contributed by atoms with Gasteiger partial charge in [0.25, 0.3) is 0 Å². The van der Waals surface area contributed by atoms with Gasteiger partial charge in [0.05, 0.1) is 5.54 Å². The van der Waals surface area contributed by atoms with Crippen molar-refractivity contribution in [3.8, 4) is 11.8 Å². The molecule has 0 aromatic carbocycles. The third-order valence-corrected chi connectivity index (χ3v) is 4.15. The fourth-order valence-corrected chi connectivity index (χ4v) is 3.12. The van der Waals surface area contributed by atoms with Crippen LogP contribution in [0.5, 0.6) is 0 Å². The summed E-state index contributed by atoms with van der Waals surface area (Å²) in [7, 11) is 2.22. The van der Waals surface area contributed by atoms with E-state index in [1.807, 2.05) is 6.92 Å². The molecule has 16 heavy (non-hydrogen) atoms. The lowest BCUT2D eigenvalue weighted by molar-refractivity contribution is 0.0513. The normalized spacial score (nSPS) is 27.1. The quantitative estimate of drug-likeness (QED) is 0.623. The predicted octanol–water partition coefficient (Wildman–Crippen LogP) is 1.96. The van der Waals surface area contributed by atoms with Gasteiger partial charge in [0, 0.05) is 26.2 Å². The Kier molecular flexibility index (Phi) is 3.89. The number of likely N-dealkylation sites (N-methyl/N-ethyl adjacent to an activating group) is 1. The van der Waals surface area contributed by atoms with Crippen molar-refractivity contribution in [3.63, 3.8) is 0 Å². The molecule has 90 valence electrons. The van der Waals surface area contributed by atoms with Crippen LogP contribution in [0.3, 0.4) is 0 Å². The molecular weight excluding hydrogens is 196 g/mol. The van der Waals surface area contributed by atoms with Gasteiger partial charge in [0.1, 0.15) is 0 Å². The smallest absolute Gasteiger partial charge is 0.0826 e. The highest BCUT2D eigenvalue weighted by Gasteiger charge is 2.37. The molecule has 2 fully saturated rings. The van der Waals surface area contributed by atoms with Gasteiger partial charge in [0.15, 0.2) is 0 Å². The first kappa shape index (κ1) is 12.0. The molecule has 0 amide bonds. The van der Waals surface area contributed by atoms with Crippen LogP contribution >= 0.6 is 0 Å².